The van der Waals surface area contributed by atoms with E-state index in [1.54, 1.807) is 12.3 Å². The molecule has 1 atom stereocenters. The van der Waals surface area contributed by atoms with Crippen molar-refractivity contribution in [3.05, 3.63) is 33.7 Å². The Kier molecular flexibility index (Phi) is 4.68. The van der Waals surface area contributed by atoms with Crippen molar-refractivity contribution in [3.8, 4) is 0 Å². The quantitative estimate of drug-likeness (QED) is 0.853. The van der Waals surface area contributed by atoms with Crippen molar-refractivity contribution in [3.63, 3.8) is 0 Å². The van der Waals surface area contributed by atoms with E-state index in [2.05, 4.69) is 46.8 Å². The summed E-state index contributed by atoms with van der Waals surface area (Å²) in [7, 11) is 0. The molecule has 1 heterocycles. The molecule has 110 valence electrons. The molecule has 1 fully saturated rings. The highest BCUT2D eigenvalue weighted by molar-refractivity contribution is 9.10. The Morgan fingerprint density at radius 2 is 2.35 bits per heavy atom. The van der Waals surface area contributed by atoms with Gasteiger partial charge in [-0.3, -0.25) is 4.79 Å². The summed E-state index contributed by atoms with van der Waals surface area (Å²) < 4.78 is 1.95. The van der Waals surface area contributed by atoms with Gasteiger partial charge in [-0.1, -0.05) is 32.8 Å². The van der Waals surface area contributed by atoms with E-state index in [1.165, 1.54) is 23.9 Å². The molecule has 0 aliphatic heterocycles. The molecule has 1 N–H and O–H groups in total. The van der Waals surface area contributed by atoms with E-state index in [4.69, 9.17) is 0 Å². The Morgan fingerprint density at radius 3 is 3.00 bits per heavy atom. The fourth-order valence-corrected chi connectivity index (χ4v) is 3.19. The molecule has 1 aliphatic rings. The average Bonchev–Trinajstić information content (AvgIpc) is 2.40. The minimum atomic E-state index is -0.122. The third kappa shape index (κ3) is 3.14. The summed E-state index contributed by atoms with van der Waals surface area (Å²) in [5.41, 5.74) is 0.909. The standard InChI is InChI=1S/C15H22BrN3O/c1-4-9-19-14(20)13(16)11(10-17-19)18-12-7-5-6-8-15(12,2)3/h4,10,12,18H,1,5-9H2,2-3H3. The van der Waals surface area contributed by atoms with Crippen LogP contribution in [0.25, 0.3) is 0 Å². The highest BCUT2D eigenvalue weighted by Gasteiger charge is 2.32. The van der Waals surface area contributed by atoms with E-state index >= 15 is 0 Å². The van der Waals surface area contributed by atoms with Crippen LogP contribution in [0, 0.1) is 5.41 Å². The van der Waals surface area contributed by atoms with Crippen LogP contribution in [-0.2, 0) is 6.54 Å². The number of nitrogens with zero attached hydrogens (tertiary/aromatic N) is 2. The van der Waals surface area contributed by atoms with E-state index in [9.17, 15) is 4.79 Å². The van der Waals surface area contributed by atoms with Gasteiger partial charge in [-0.2, -0.15) is 5.10 Å². The predicted octanol–water partition coefficient (Wildman–Crippen LogP) is 3.57. The van der Waals surface area contributed by atoms with Gasteiger partial charge in [0.1, 0.15) is 4.47 Å². The molecule has 0 aromatic carbocycles. The van der Waals surface area contributed by atoms with Crippen molar-refractivity contribution in [2.24, 2.45) is 5.41 Å². The van der Waals surface area contributed by atoms with Gasteiger partial charge < -0.3 is 5.32 Å². The lowest BCUT2D eigenvalue weighted by Gasteiger charge is -2.39. The van der Waals surface area contributed by atoms with Crippen LogP contribution in [0.2, 0.25) is 0 Å². The van der Waals surface area contributed by atoms with E-state index in [1.807, 2.05) is 0 Å². The van der Waals surface area contributed by atoms with E-state index < -0.39 is 0 Å². The molecule has 0 spiro atoms. The molecule has 5 heteroatoms. The third-order valence-electron chi connectivity index (χ3n) is 4.12. The van der Waals surface area contributed by atoms with E-state index in [0.29, 0.717) is 17.1 Å². The highest BCUT2D eigenvalue weighted by atomic mass is 79.9. The molecule has 2 rings (SSSR count). The first kappa shape index (κ1) is 15.3. The largest absolute Gasteiger partial charge is 0.379 e. The van der Waals surface area contributed by atoms with Crippen LogP contribution in [-0.4, -0.2) is 15.8 Å². The summed E-state index contributed by atoms with van der Waals surface area (Å²) >= 11 is 3.40. The zero-order valence-corrected chi connectivity index (χ0v) is 13.7. The van der Waals surface area contributed by atoms with Gasteiger partial charge in [0.05, 0.1) is 18.4 Å². The predicted molar refractivity (Wildman–Crippen MR) is 86.1 cm³/mol. The Bertz CT molecular complexity index is 551. The van der Waals surface area contributed by atoms with E-state index in [0.717, 1.165) is 12.1 Å². The Labute approximate surface area is 128 Å². The number of nitrogens with one attached hydrogen (secondary N) is 1. The first-order valence-corrected chi connectivity index (χ1v) is 7.88. The van der Waals surface area contributed by atoms with Crippen molar-refractivity contribution in [1.29, 1.82) is 0 Å². The zero-order chi connectivity index (χ0) is 14.8. The molecule has 20 heavy (non-hydrogen) atoms. The number of hydrogen-bond donors (Lipinski definition) is 1. The van der Waals surface area contributed by atoms with Crippen LogP contribution in [0.1, 0.15) is 39.5 Å². The molecule has 0 bridgehead atoms. The van der Waals surface area contributed by atoms with E-state index in [-0.39, 0.29) is 11.0 Å². The average molecular weight is 340 g/mol. The first-order chi connectivity index (χ1) is 9.45. The summed E-state index contributed by atoms with van der Waals surface area (Å²) in [6, 6.07) is 0.379. The minimum Gasteiger partial charge on any atom is -0.379 e. The van der Waals surface area contributed by atoms with Crippen molar-refractivity contribution in [2.45, 2.75) is 52.1 Å². The number of hydrogen-bond acceptors (Lipinski definition) is 3. The summed E-state index contributed by atoms with van der Waals surface area (Å²) in [6.07, 6.45) is 8.25. The summed E-state index contributed by atoms with van der Waals surface area (Å²) in [4.78, 5) is 12.1. The van der Waals surface area contributed by atoms with Gasteiger partial charge in [-0.05, 0) is 34.2 Å². The monoisotopic (exact) mass is 339 g/mol. The lowest BCUT2D eigenvalue weighted by atomic mass is 9.73. The molecule has 0 amide bonds. The lowest BCUT2D eigenvalue weighted by molar-refractivity contribution is 0.217. The Hall–Kier alpha value is -1.10. The van der Waals surface area contributed by atoms with Gasteiger partial charge in [-0.25, -0.2) is 4.68 Å². The van der Waals surface area contributed by atoms with Gasteiger partial charge in [0, 0.05) is 6.04 Å². The second-order valence-electron chi connectivity index (χ2n) is 6.08. The molecule has 1 unspecified atom stereocenters. The van der Waals surface area contributed by atoms with Gasteiger partial charge in [0.2, 0.25) is 0 Å². The van der Waals surface area contributed by atoms with Gasteiger partial charge in [0.25, 0.3) is 5.56 Å². The topological polar surface area (TPSA) is 46.9 Å². The summed E-state index contributed by atoms with van der Waals surface area (Å²) in [6.45, 7) is 8.62. The van der Waals surface area contributed by atoms with Crippen LogP contribution in [0.3, 0.4) is 0 Å². The van der Waals surface area contributed by atoms with Crippen LogP contribution in [0.15, 0.2) is 28.1 Å². The maximum atomic E-state index is 12.1. The molecule has 1 aromatic rings. The summed E-state index contributed by atoms with van der Waals surface area (Å²) in [5, 5.41) is 7.68. The van der Waals surface area contributed by atoms with Crippen molar-refractivity contribution < 1.29 is 0 Å². The number of aromatic nitrogens is 2. The number of allylic oxidation sites excluding steroid dienone is 1. The summed E-state index contributed by atoms with van der Waals surface area (Å²) in [5.74, 6) is 0. The van der Waals surface area contributed by atoms with Crippen LogP contribution in [0.5, 0.6) is 0 Å². The molecular formula is C15H22BrN3O. The molecule has 1 saturated carbocycles. The van der Waals surface area contributed by atoms with Gasteiger partial charge in [-0.15, -0.1) is 6.58 Å². The number of halogens is 1. The van der Waals surface area contributed by atoms with Crippen molar-refractivity contribution in [1.82, 2.24) is 9.78 Å². The second kappa shape index (κ2) is 6.12. The van der Waals surface area contributed by atoms with Crippen molar-refractivity contribution >= 4 is 21.6 Å². The molecule has 1 aliphatic carbocycles. The Balaban J connectivity index is 2.23. The van der Waals surface area contributed by atoms with Gasteiger partial charge >= 0.3 is 0 Å². The maximum absolute atomic E-state index is 12.1. The highest BCUT2D eigenvalue weighted by Crippen LogP contribution is 2.37. The molecule has 4 nitrogen and oxygen atoms in total. The second-order valence-corrected chi connectivity index (χ2v) is 6.87. The fraction of sp³-hybridized carbons (Fsp3) is 0.600. The smallest absolute Gasteiger partial charge is 0.283 e. The zero-order valence-electron chi connectivity index (χ0n) is 12.2. The SMILES string of the molecule is C=CCn1ncc(NC2CCCCC2(C)C)c(Br)c1=O. The van der Waals surface area contributed by atoms with Crippen LogP contribution in [0.4, 0.5) is 5.69 Å². The number of anilines is 1. The normalized spacial score (nSPS) is 21.4. The van der Waals surface area contributed by atoms with Gasteiger partial charge in [0.15, 0.2) is 0 Å². The Morgan fingerprint density at radius 1 is 1.60 bits per heavy atom. The van der Waals surface area contributed by atoms with Crippen LogP contribution < -0.4 is 10.9 Å². The van der Waals surface area contributed by atoms with Crippen molar-refractivity contribution in [2.75, 3.05) is 5.32 Å². The molecular weight excluding hydrogens is 318 g/mol. The molecule has 1 aromatic heterocycles. The fourth-order valence-electron chi connectivity index (χ4n) is 2.77. The third-order valence-corrected chi connectivity index (χ3v) is 4.89. The minimum absolute atomic E-state index is 0.122. The number of rotatable bonds is 4. The van der Waals surface area contributed by atoms with Crippen LogP contribution >= 0.6 is 15.9 Å². The molecule has 0 radical (unpaired) electrons. The maximum Gasteiger partial charge on any atom is 0.283 e. The first-order valence-electron chi connectivity index (χ1n) is 7.09. The molecule has 0 saturated heterocycles. The lowest BCUT2D eigenvalue weighted by Crippen LogP contribution is -2.39.